The van der Waals surface area contributed by atoms with Crippen molar-refractivity contribution in [3.8, 4) is 11.5 Å². The molecule has 2 aromatic rings. The van der Waals surface area contributed by atoms with Crippen molar-refractivity contribution in [1.29, 1.82) is 0 Å². The summed E-state index contributed by atoms with van der Waals surface area (Å²) in [6, 6.07) is 11.3. The Kier molecular flexibility index (Phi) is 10.4. The molecule has 1 saturated heterocycles. The lowest BCUT2D eigenvalue weighted by molar-refractivity contribution is -0.144. The fourth-order valence-electron chi connectivity index (χ4n) is 5.27. The Balaban J connectivity index is 1.71. The molecule has 4 N–H and O–H groups in total. The summed E-state index contributed by atoms with van der Waals surface area (Å²) in [4.78, 5) is 55.7. The van der Waals surface area contributed by atoms with Crippen LogP contribution in [0.1, 0.15) is 38.3 Å². The summed E-state index contributed by atoms with van der Waals surface area (Å²) in [5, 5.41) is 11.4. The molecule has 0 spiro atoms. The first-order valence-electron chi connectivity index (χ1n) is 14.6. The molecule has 4 amide bonds. The molecule has 2 aliphatic heterocycles. The van der Waals surface area contributed by atoms with Crippen LogP contribution in [0, 0.1) is 5.92 Å². The first-order chi connectivity index (χ1) is 20.6. The van der Waals surface area contributed by atoms with Crippen LogP contribution in [0.4, 0.5) is 0 Å². The Hall–Kier alpha value is -4.38. The summed E-state index contributed by atoms with van der Waals surface area (Å²) < 4.78 is 11.8. The fraction of sp³-hybridized carbons (Fsp3) is 0.438. The number of carbonyl (C=O) groups excluding carboxylic acids is 4. The molecule has 5 unspecified atom stereocenters. The Morgan fingerprint density at radius 2 is 1.84 bits per heavy atom. The van der Waals surface area contributed by atoms with Gasteiger partial charge in [0.1, 0.15) is 35.7 Å². The van der Waals surface area contributed by atoms with Crippen LogP contribution in [0.15, 0.2) is 54.7 Å². The molecule has 11 nitrogen and oxygen atoms in total. The first kappa shape index (κ1) is 31.6. The monoisotopic (exact) mass is 591 g/mol. The molecule has 0 aromatic heterocycles. The van der Waals surface area contributed by atoms with Crippen molar-refractivity contribution >= 4 is 29.7 Å². The molecule has 230 valence electrons. The van der Waals surface area contributed by atoms with Crippen molar-refractivity contribution < 1.29 is 28.7 Å². The second-order valence-electron chi connectivity index (χ2n) is 11.2. The predicted octanol–water partition coefficient (Wildman–Crippen LogP) is 1.62. The number of rotatable bonds is 8. The number of nitrogens with one attached hydrogen (secondary N) is 4. The van der Waals surface area contributed by atoms with E-state index in [0.29, 0.717) is 23.5 Å². The average molecular weight is 592 g/mol. The van der Waals surface area contributed by atoms with E-state index < -0.39 is 42.1 Å². The van der Waals surface area contributed by atoms with Gasteiger partial charge < -0.3 is 35.6 Å². The van der Waals surface area contributed by atoms with Crippen LogP contribution in [0.3, 0.4) is 0 Å². The van der Waals surface area contributed by atoms with Gasteiger partial charge in [-0.2, -0.15) is 0 Å². The van der Waals surface area contributed by atoms with Crippen LogP contribution in [-0.2, 0) is 25.6 Å². The topological polar surface area (TPSA) is 138 Å². The molecule has 43 heavy (non-hydrogen) atoms. The minimum atomic E-state index is -1.04. The zero-order chi connectivity index (χ0) is 31.1. The number of likely N-dealkylation sites (N-methyl/N-ethyl adjacent to an activating group) is 1. The third-order valence-electron chi connectivity index (χ3n) is 7.84. The zero-order valence-electron chi connectivity index (χ0n) is 25.3. The van der Waals surface area contributed by atoms with Gasteiger partial charge in [-0.25, -0.2) is 0 Å². The van der Waals surface area contributed by atoms with Gasteiger partial charge in [0.25, 0.3) is 0 Å². The molecular weight excluding hydrogens is 550 g/mol. The highest BCUT2D eigenvalue weighted by atomic mass is 16.5. The second-order valence-corrected chi connectivity index (χ2v) is 11.2. The SMILES string of the molecule is CNC(C)C(=O)NC(C(=O)N1CCC2Oc3ccc(OC)c(c3)C=CNC(=O)C(Cc3ccccc3)NC(=O)C21)C(C)C. The van der Waals surface area contributed by atoms with E-state index in [4.69, 9.17) is 9.47 Å². The standard InChI is InChI=1S/C32H41N5O6/c1-19(2)27(36-29(38)20(3)33-4)32(41)37-16-14-26-28(37)31(40)35-24(17-21-9-7-6-8-10-21)30(39)34-15-13-22-18-23(43-26)11-12-25(22)42-5/h6-13,15,18-20,24,26-28,33H,14,16-17H2,1-5H3,(H,34,39)(H,35,40)(H,36,38). The minimum Gasteiger partial charge on any atom is -0.496 e. The second kappa shape index (κ2) is 14.2. The normalized spacial score (nSPS) is 21.6. The summed E-state index contributed by atoms with van der Waals surface area (Å²) in [7, 11) is 3.22. The van der Waals surface area contributed by atoms with Gasteiger partial charge in [0.05, 0.1) is 13.2 Å². The lowest BCUT2D eigenvalue weighted by Gasteiger charge is -2.33. The molecule has 0 saturated carbocycles. The maximum absolute atomic E-state index is 14.1. The van der Waals surface area contributed by atoms with Crippen molar-refractivity contribution in [2.24, 2.45) is 5.92 Å². The van der Waals surface area contributed by atoms with E-state index >= 15 is 0 Å². The number of amides is 4. The minimum absolute atomic E-state index is 0.237. The molecule has 2 bridgehead atoms. The van der Waals surface area contributed by atoms with Gasteiger partial charge in [-0.3, -0.25) is 19.2 Å². The molecule has 0 aliphatic carbocycles. The van der Waals surface area contributed by atoms with Crippen LogP contribution in [0.2, 0.25) is 0 Å². The predicted molar refractivity (Wildman–Crippen MR) is 162 cm³/mol. The Bertz CT molecular complexity index is 1350. The number of likely N-dealkylation sites (tertiary alicyclic amines) is 1. The van der Waals surface area contributed by atoms with Crippen molar-refractivity contribution in [2.75, 3.05) is 20.7 Å². The van der Waals surface area contributed by atoms with E-state index in [2.05, 4.69) is 21.3 Å². The third-order valence-corrected chi connectivity index (χ3v) is 7.84. The number of benzene rings is 2. The van der Waals surface area contributed by atoms with Crippen molar-refractivity contribution in [1.82, 2.24) is 26.2 Å². The fourth-order valence-corrected chi connectivity index (χ4v) is 5.27. The van der Waals surface area contributed by atoms with Gasteiger partial charge in [0.15, 0.2) is 0 Å². The lowest BCUT2D eigenvalue weighted by atomic mass is 10.0. The molecule has 2 aromatic carbocycles. The van der Waals surface area contributed by atoms with Crippen molar-refractivity contribution in [3.63, 3.8) is 0 Å². The van der Waals surface area contributed by atoms with Gasteiger partial charge in [-0.15, -0.1) is 0 Å². The quantitative estimate of drug-likeness (QED) is 0.366. The average Bonchev–Trinajstić information content (AvgIpc) is 3.42. The van der Waals surface area contributed by atoms with E-state index in [1.807, 2.05) is 44.2 Å². The Morgan fingerprint density at radius 3 is 2.51 bits per heavy atom. The molecular formula is C32H41N5O6. The third kappa shape index (κ3) is 7.53. The van der Waals surface area contributed by atoms with Crippen LogP contribution >= 0.6 is 0 Å². The summed E-state index contributed by atoms with van der Waals surface area (Å²) in [6.45, 7) is 5.62. The molecule has 4 rings (SSSR count). The van der Waals surface area contributed by atoms with Crippen LogP contribution in [0.25, 0.3) is 6.08 Å². The molecule has 11 heteroatoms. The number of carbonyl (C=O) groups is 4. The van der Waals surface area contributed by atoms with Gasteiger partial charge in [-0.1, -0.05) is 44.2 Å². The highest BCUT2D eigenvalue weighted by Crippen LogP contribution is 2.30. The number of hydrogen-bond acceptors (Lipinski definition) is 7. The number of nitrogens with zero attached hydrogens (tertiary/aromatic N) is 1. The van der Waals surface area contributed by atoms with E-state index in [1.165, 1.54) is 11.1 Å². The van der Waals surface area contributed by atoms with Gasteiger partial charge in [0.2, 0.25) is 23.6 Å². The van der Waals surface area contributed by atoms with Crippen LogP contribution in [0.5, 0.6) is 11.5 Å². The van der Waals surface area contributed by atoms with E-state index in [9.17, 15) is 19.2 Å². The summed E-state index contributed by atoms with van der Waals surface area (Å²) in [5.41, 5.74) is 1.53. The number of methoxy groups -OCH3 is 1. The Morgan fingerprint density at radius 1 is 1.09 bits per heavy atom. The highest BCUT2D eigenvalue weighted by molar-refractivity contribution is 5.96. The summed E-state index contributed by atoms with van der Waals surface area (Å²) >= 11 is 0. The molecule has 5 atom stereocenters. The molecule has 1 fully saturated rings. The van der Waals surface area contributed by atoms with Gasteiger partial charge in [0, 0.05) is 31.1 Å². The first-order valence-corrected chi connectivity index (χ1v) is 14.6. The van der Waals surface area contributed by atoms with Gasteiger partial charge >= 0.3 is 0 Å². The largest absolute Gasteiger partial charge is 0.496 e. The number of hydrogen-bond donors (Lipinski definition) is 4. The van der Waals surface area contributed by atoms with Gasteiger partial charge in [-0.05, 0) is 49.7 Å². The molecule has 0 radical (unpaired) electrons. The van der Waals surface area contributed by atoms with E-state index in [-0.39, 0.29) is 30.7 Å². The number of fused-ring (bicyclic) bond motifs is 3. The highest BCUT2D eigenvalue weighted by Gasteiger charge is 2.46. The van der Waals surface area contributed by atoms with E-state index in [0.717, 1.165) is 5.56 Å². The molecule has 2 aliphatic rings. The zero-order valence-corrected chi connectivity index (χ0v) is 25.3. The van der Waals surface area contributed by atoms with Crippen LogP contribution < -0.4 is 30.7 Å². The van der Waals surface area contributed by atoms with E-state index in [1.54, 1.807) is 45.4 Å². The Labute approximate surface area is 252 Å². The summed E-state index contributed by atoms with van der Waals surface area (Å²) in [6.07, 6.45) is 3.12. The van der Waals surface area contributed by atoms with Crippen molar-refractivity contribution in [2.45, 2.75) is 63.9 Å². The smallest absolute Gasteiger partial charge is 0.247 e. The van der Waals surface area contributed by atoms with Crippen LogP contribution in [-0.4, -0.2) is 79.5 Å². The number of ether oxygens (including phenoxy) is 2. The maximum atomic E-state index is 14.1. The lowest BCUT2D eigenvalue weighted by Crippen LogP contribution is -2.60. The van der Waals surface area contributed by atoms with Crippen molar-refractivity contribution in [3.05, 3.63) is 65.9 Å². The maximum Gasteiger partial charge on any atom is 0.247 e. The summed E-state index contributed by atoms with van der Waals surface area (Å²) in [5.74, 6) is -0.812. The molecule has 2 heterocycles.